The van der Waals surface area contributed by atoms with Crippen LogP contribution in [0.4, 0.5) is 0 Å². The van der Waals surface area contributed by atoms with Gasteiger partial charge >= 0.3 is 21.1 Å². The Bertz CT molecular complexity index is 2820. The normalized spacial score (nSPS) is 11.7. The number of hydrogen-bond donors (Lipinski definition) is 0. The molecule has 0 unspecified atom stereocenters. The minimum Gasteiger partial charge on any atom is -0.352 e. The molecule has 0 N–H and O–H groups in total. The smallest absolute Gasteiger partial charge is 0.352 e. The first-order chi connectivity index (χ1) is 22.8. The van der Waals surface area contributed by atoms with Crippen LogP contribution in [0.1, 0.15) is 0 Å². The Labute approximate surface area is 283 Å². The second kappa shape index (κ2) is 10.7. The molecule has 0 amide bonds. The molecule has 10 aromatic rings. The molecule has 222 valence electrons. The number of rotatable bonds is 3. The number of hydrogen-bond acceptors (Lipinski definition) is 4. The SMILES string of the molecule is [Pt+2].[c-]1c(-c2cnc3ccccc3n2)ccc2c3cc4ccccc4cc3n(-c3[c-]c4c(cc3)c3cccnc3n4-c3ccccn3)c12. The van der Waals surface area contributed by atoms with Gasteiger partial charge in [-0.1, -0.05) is 71.2 Å². The van der Waals surface area contributed by atoms with Gasteiger partial charge in [0.15, 0.2) is 0 Å². The zero-order valence-corrected chi connectivity index (χ0v) is 27.0. The Morgan fingerprint density at radius 2 is 1.28 bits per heavy atom. The maximum atomic E-state index is 4.94. The Morgan fingerprint density at radius 3 is 2.15 bits per heavy atom. The van der Waals surface area contributed by atoms with Crippen molar-refractivity contribution in [1.82, 2.24) is 29.1 Å². The van der Waals surface area contributed by atoms with Crippen LogP contribution in [-0.4, -0.2) is 29.1 Å². The minimum absolute atomic E-state index is 0. The van der Waals surface area contributed by atoms with Gasteiger partial charge in [0.1, 0.15) is 11.5 Å². The summed E-state index contributed by atoms with van der Waals surface area (Å²) in [4.78, 5) is 19.1. The van der Waals surface area contributed by atoms with Crippen LogP contribution in [0.25, 0.3) is 88.3 Å². The molecule has 0 radical (unpaired) electrons. The van der Waals surface area contributed by atoms with Crippen LogP contribution in [0.2, 0.25) is 0 Å². The van der Waals surface area contributed by atoms with Gasteiger partial charge in [-0.05, 0) is 63.5 Å². The van der Waals surface area contributed by atoms with E-state index >= 15 is 0 Å². The van der Waals surface area contributed by atoms with E-state index in [-0.39, 0.29) is 21.1 Å². The largest absolute Gasteiger partial charge is 2.00 e. The zero-order valence-electron chi connectivity index (χ0n) is 24.7. The second-order valence-corrected chi connectivity index (χ2v) is 11.4. The van der Waals surface area contributed by atoms with Crippen molar-refractivity contribution in [1.29, 1.82) is 0 Å². The molecular formula is C40H22N6Pt. The third-order valence-corrected chi connectivity index (χ3v) is 8.81. The van der Waals surface area contributed by atoms with E-state index in [9.17, 15) is 0 Å². The first-order valence-electron chi connectivity index (χ1n) is 15.1. The number of benzene rings is 5. The van der Waals surface area contributed by atoms with Crippen LogP contribution in [-0.2, 0) is 21.1 Å². The minimum atomic E-state index is 0. The van der Waals surface area contributed by atoms with E-state index in [4.69, 9.17) is 15.0 Å². The molecular weight excluding hydrogens is 760 g/mol. The molecule has 0 aliphatic rings. The van der Waals surface area contributed by atoms with Crippen molar-refractivity contribution in [2.45, 2.75) is 0 Å². The summed E-state index contributed by atoms with van der Waals surface area (Å²) in [7, 11) is 0. The molecule has 0 bridgehead atoms. The van der Waals surface area contributed by atoms with Gasteiger partial charge in [0.05, 0.1) is 11.0 Å². The van der Waals surface area contributed by atoms with Crippen molar-refractivity contribution in [3.05, 3.63) is 146 Å². The monoisotopic (exact) mass is 781 g/mol. The molecule has 5 aromatic carbocycles. The number of pyridine rings is 2. The maximum Gasteiger partial charge on any atom is 2.00 e. The van der Waals surface area contributed by atoms with Gasteiger partial charge in [-0.3, -0.25) is 9.97 Å². The topological polar surface area (TPSA) is 61.4 Å². The van der Waals surface area contributed by atoms with Crippen LogP contribution in [0.15, 0.2) is 134 Å². The maximum absolute atomic E-state index is 4.94. The molecule has 0 atom stereocenters. The Hall–Kier alpha value is -5.71. The Balaban J connectivity index is 0.00000302. The van der Waals surface area contributed by atoms with Gasteiger partial charge in [0.25, 0.3) is 0 Å². The molecule has 0 saturated carbocycles. The summed E-state index contributed by atoms with van der Waals surface area (Å²) in [5.74, 6) is 0.798. The van der Waals surface area contributed by atoms with Crippen LogP contribution in [0.3, 0.4) is 0 Å². The van der Waals surface area contributed by atoms with Crippen molar-refractivity contribution in [2.24, 2.45) is 0 Å². The standard InChI is InChI=1S/C40H22N6.Pt/c1-2-9-26-21-37-32(20-25(26)8-1)30-16-14-27(35-24-43-33-11-3-4-12-34(33)44-35)22-36(30)45(37)28-15-17-29-31-10-7-19-42-40(31)46(38(29)23-28)39-13-5-6-18-41-39;/h1-21,24H;/q-2;+2. The van der Waals surface area contributed by atoms with Gasteiger partial charge in [0, 0.05) is 29.8 Å². The van der Waals surface area contributed by atoms with Crippen molar-refractivity contribution < 1.29 is 21.1 Å². The summed E-state index contributed by atoms with van der Waals surface area (Å²) in [5, 5.41) is 6.76. The van der Waals surface area contributed by atoms with E-state index in [1.165, 1.54) is 10.8 Å². The van der Waals surface area contributed by atoms with Crippen molar-refractivity contribution in [2.75, 3.05) is 0 Å². The van der Waals surface area contributed by atoms with Crippen LogP contribution in [0, 0.1) is 12.1 Å². The second-order valence-electron chi connectivity index (χ2n) is 11.4. The van der Waals surface area contributed by atoms with Gasteiger partial charge in [-0.2, -0.15) is 6.07 Å². The first kappa shape index (κ1) is 27.6. The van der Waals surface area contributed by atoms with Gasteiger partial charge in [0.2, 0.25) is 0 Å². The molecule has 5 heterocycles. The summed E-state index contributed by atoms with van der Waals surface area (Å²) >= 11 is 0. The molecule has 0 spiro atoms. The average Bonchev–Trinajstić information content (AvgIpc) is 3.62. The van der Waals surface area contributed by atoms with Crippen molar-refractivity contribution in [3.63, 3.8) is 0 Å². The van der Waals surface area contributed by atoms with Crippen LogP contribution in [0.5, 0.6) is 0 Å². The predicted molar refractivity (Wildman–Crippen MR) is 184 cm³/mol. The quantitative estimate of drug-likeness (QED) is 0.168. The van der Waals surface area contributed by atoms with E-state index in [1.807, 2.05) is 67.1 Å². The number of fused-ring (bicyclic) bond motifs is 8. The fourth-order valence-corrected chi connectivity index (χ4v) is 6.71. The van der Waals surface area contributed by atoms with E-state index < -0.39 is 0 Å². The van der Waals surface area contributed by atoms with E-state index in [0.29, 0.717) is 0 Å². The molecule has 7 heteroatoms. The van der Waals surface area contributed by atoms with Gasteiger partial charge in [-0.15, -0.1) is 41.3 Å². The van der Waals surface area contributed by atoms with Crippen LogP contribution < -0.4 is 0 Å². The van der Waals surface area contributed by atoms with Crippen molar-refractivity contribution in [3.8, 4) is 22.8 Å². The summed E-state index contributed by atoms with van der Waals surface area (Å²) in [6.07, 6.45) is 5.47. The molecule has 0 aliphatic carbocycles. The Kier molecular flexibility index (Phi) is 6.27. The van der Waals surface area contributed by atoms with E-state index in [0.717, 1.165) is 77.5 Å². The third-order valence-electron chi connectivity index (χ3n) is 8.81. The first-order valence-corrected chi connectivity index (χ1v) is 15.1. The van der Waals surface area contributed by atoms with E-state index in [2.05, 4.69) is 93.0 Å². The van der Waals surface area contributed by atoms with Crippen molar-refractivity contribution >= 4 is 65.5 Å². The molecule has 10 rings (SSSR count). The molecule has 5 aromatic heterocycles. The van der Waals surface area contributed by atoms with Gasteiger partial charge in [-0.25, -0.2) is 9.97 Å². The summed E-state index contributed by atoms with van der Waals surface area (Å²) in [5.41, 5.74) is 8.09. The number of para-hydroxylation sites is 2. The third kappa shape index (κ3) is 4.22. The fourth-order valence-electron chi connectivity index (χ4n) is 6.71. The zero-order chi connectivity index (χ0) is 30.2. The van der Waals surface area contributed by atoms with Crippen LogP contribution >= 0.6 is 0 Å². The molecule has 0 aliphatic heterocycles. The number of aromatic nitrogens is 6. The molecule has 0 fully saturated rings. The summed E-state index contributed by atoms with van der Waals surface area (Å²) in [6, 6.07) is 47.1. The Morgan fingerprint density at radius 1 is 0.532 bits per heavy atom. The average molecular weight is 782 g/mol. The fraction of sp³-hybridized carbons (Fsp3) is 0. The predicted octanol–water partition coefficient (Wildman–Crippen LogP) is 9.03. The summed E-state index contributed by atoms with van der Waals surface area (Å²) in [6.45, 7) is 0. The molecule has 6 nitrogen and oxygen atoms in total. The van der Waals surface area contributed by atoms with Gasteiger partial charge < -0.3 is 9.13 Å². The number of nitrogens with zero attached hydrogens (tertiary/aromatic N) is 6. The summed E-state index contributed by atoms with van der Waals surface area (Å²) < 4.78 is 4.36. The van der Waals surface area contributed by atoms with E-state index in [1.54, 1.807) is 0 Å². The molecule has 0 saturated heterocycles. The molecule has 47 heavy (non-hydrogen) atoms.